The minimum absolute atomic E-state index is 0.179. The Balaban J connectivity index is 0.852. The Morgan fingerprint density at radius 3 is 2.51 bits per heavy atom. The first-order chi connectivity index (χ1) is 22.6. The summed E-state index contributed by atoms with van der Waals surface area (Å²) >= 11 is 0. The van der Waals surface area contributed by atoms with Crippen molar-refractivity contribution in [1.29, 1.82) is 0 Å². The number of phenols is 1. The molecule has 0 radical (unpaired) electrons. The SMILES string of the molecule is CC(C)(C)OC(=O)N1CC2(CC(N3CCN(c4ccnc(N5CCN6c7cc(-c8ccccc8O)nnc7NC[C@H]6C5)n4)CC3)C2)C1. The van der Waals surface area contributed by atoms with Crippen molar-refractivity contribution in [2.45, 2.75) is 51.3 Å². The number of rotatable bonds is 4. The predicted molar refractivity (Wildman–Crippen MR) is 180 cm³/mol. The van der Waals surface area contributed by atoms with E-state index in [0.29, 0.717) is 22.7 Å². The Morgan fingerprint density at radius 1 is 0.979 bits per heavy atom. The number of benzene rings is 1. The number of carbonyl (C=O) groups excluding carboxylic acids is 1. The second-order valence-electron chi connectivity index (χ2n) is 14.8. The molecule has 5 aliphatic rings. The number of amides is 1. The van der Waals surface area contributed by atoms with Gasteiger partial charge in [-0.3, -0.25) is 4.90 Å². The van der Waals surface area contributed by atoms with E-state index in [1.54, 1.807) is 6.07 Å². The van der Waals surface area contributed by atoms with Crippen LogP contribution in [0.4, 0.5) is 28.1 Å². The lowest BCUT2D eigenvalue weighted by molar-refractivity contribution is -0.108. The second-order valence-corrected chi connectivity index (χ2v) is 14.8. The van der Waals surface area contributed by atoms with Gasteiger partial charge in [0.05, 0.1) is 17.4 Å². The van der Waals surface area contributed by atoms with Crippen molar-refractivity contribution < 1.29 is 14.6 Å². The minimum atomic E-state index is -0.447. The number of carbonyl (C=O) groups is 1. The minimum Gasteiger partial charge on any atom is -0.507 e. The third-order valence-electron chi connectivity index (χ3n) is 10.4. The highest BCUT2D eigenvalue weighted by Crippen LogP contribution is 2.50. The van der Waals surface area contributed by atoms with Crippen LogP contribution in [0.1, 0.15) is 33.6 Å². The highest BCUT2D eigenvalue weighted by atomic mass is 16.6. The summed E-state index contributed by atoms with van der Waals surface area (Å²) in [5.41, 5.74) is 2.19. The van der Waals surface area contributed by atoms with E-state index in [1.807, 2.05) is 62.2 Å². The second kappa shape index (κ2) is 11.4. The monoisotopic (exact) mass is 640 g/mol. The van der Waals surface area contributed by atoms with Gasteiger partial charge in [0.25, 0.3) is 0 Å². The van der Waals surface area contributed by atoms with Crippen LogP contribution in [-0.2, 0) is 4.74 Å². The van der Waals surface area contributed by atoms with Crippen molar-refractivity contribution in [3.63, 3.8) is 0 Å². The van der Waals surface area contributed by atoms with E-state index >= 15 is 0 Å². The number of hydrogen-bond acceptors (Lipinski definition) is 12. The first kappa shape index (κ1) is 30.0. The molecule has 1 aromatic carbocycles. The van der Waals surface area contributed by atoms with Gasteiger partial charge >= 0.3 is 6.09 Å². The zero-order valence-corrected chi connectivity index (χ0v) is 27.5. The number of piperazine rings is 2. The number of para-hydroxylation sites is 1. The van der Waals surface area contributed by atoms with Gasteiger partial charge in [-0.2, -0.15) is 4.98 Å². The fourth-order valence-corrected chi connectivity index (χ4v) is 7.95. The van der Waals surface area contributed by atoms with Crippen LogP contribution in [0.25, 0.3) is 11.3 Å². The molecule has 1 saturated carbocycles. The Kier molecular flexibility index (Phi) is 7.27. The number of likely N-dealkylation sites (tertiary alicyclic amines) is 1. The molecule has 3 aromatic rings. The lowest BCUT2D eigenvalue weighted by Gasteiger charge is -2.61. The maximum absolute atomic E-state index is 12.4. The molecular formula is C34H44N10O3. The third-order valence-corrected chi connectivity index (χ3v) is 10.4. The van der Waals surface area contributed by atoms with Gasteiger partial charge in [0.2, 0.25) is 5.95 Å². The summed E-state index contributed by atoms with van der Waals surface area (Å²) in [7, 11) is 0. The molecule has 1 amide bonds. The molecule has 1 aliphatic carbocycles. The van der Waals surface area contributed by atoms with Gasteiger partial charge in [-0.25, -0.2) is 9.78 Å². The van der Waals surface area contributed by atoms with E-state index in [9.17, 15) is 9.90 Å². The van der Waals surface area contributed by atoms with E-state index in [4.69, 9.17) is 14.7 Å². The fourth-order valence-electron chi connectivity index (χ4n) is 7.95. The topological polar surface area (TPSA) is 126 Å². The maximum Gasteiger partial charge on any atom is 0.410 e. The number of fused-ring (bicyclic) bond motifs is 3. The molecule has 4 aliphatic heterocycles. The van der Waals surface area contributed by atoms with Crippen LogP contribution in [-0.4, -0.2) is 124 Å². The molecule has 13 nitrogen and oxygen atoms in total. The third kappa shape index (κ3) is 5.74. The van der Waals surface area contributed by atoms with Crippen molar-refractivity contribution in [2.24, 2.45) is 5.41 Å². The van der Waals surface area contributed by atoms with Crippen molar-refractivity contribution >= 4 is 29.4 Å². The number of ether oxygens (including phenoxy) is 1. The summed E-state index contributed by atoms with van der Waals surface area (Å²) in [6.45, 7) is 14.5. The van der Waals surface area contributed by atoms with Crippen molar-refractivity contribution in [3.8, 4) is 17.0 Å². The molecule has 0 unspecified atom stereocenters. The van der Waals surface area contributed by atoms with Crippen molar-refractivity contribution in [1.82, 2.24) is 30.0 Å². The standard InChI is InChI=1S/C34H44N10O3/c1-33(2,3)47-32(46)43-21-34(22-43)17-23(18-34)40-10-12-41(13-11-40)29-8-9-35-31(37-29)42-14-15-44-24(20-42)19-36-30-27(44)16-26(38-39-30)25-6-4-5-7-28(25)45/h4-9,16,23-24,45H,10-15,17-22H2,1-3H3,(H,36,39)/t24-/m0/s1. The highest BCUT2D eigenvalue weighted by Gasteiger charge is 2.55. The number of aromatic nitrogens is 4. The molecule has 8 rings (SSSR count). The summed E-state index contributed by atoms with van der Waals surface area (Å²) in [4.78, 5) is 33.7. The van der Waals surface area contributed by atoms with E-state index in [1.165, 1.54) is 12.8 Å². The van der Waals surface area contributed by atoms with Crippen LogP contribution in [0.2, 0.25) is 0 Å². The normalized spacial score (nSPS) is 22.6. The quantitative estimate of drug-likeness (QED) is 0.435. The van der Waals surface area contributed by atoms with Gasteiger partial charge in [0, 0.05) is 88.7 Å². The largest absolute Gasteiger partial charge is 0.507 e. The maximum atomic E-state index is 12.4. The molecule has 47 heavy (non-hydrogen) atoms. The van der Waals surface area contributed by atoms with Crippen LogP contribution in [0.5, 0.6) is 5.75 Å². The van der Waals surface area contributed by atoms with Gasteiger partial charge in [-0.05, 0) is 57.9 Å². The molecule has 1 atom stereocenters. The number of nitrogens with one attached hydrogen (secondary N) is 1. The smallest absolute Gasteiger partial charge is 0.410 e. The van der Waals surface area contributed by atoms with Gasteiger partial charge in [-0.15, -0.1) is 10.2 Å². The summed E-state index contributed by atoms with van der Waals surface area (Å²) < 4.78 is 5.55. The summed E-state index contributed by atoms with van der Waals surface area (Å²) in [5, 5.41) is 22.7. The summed E-state index contributed by atoms with van der Waals surface area (Å²) in [6.07, 6.45) is 4.04. The predicted octanol–water partition coefficient (Wildman–Crippen LogP) is 3.28. The zero-order valence-electron chi connectivity index (χ0n) is 27.5. The summed E-state index contributed by atoms with van der Waals surface area (Å²) in [6, 6.07) is 12.1. The van der Waals surface area contributed by atoms with E-state index in [-0.39, 0.29) is 17.9 Å². The first-order valence-electron chi connectivity index (χ1n) is 16.8. The molecule has 1 spiro atoms. The highest BCUT2D eigenvalue weighted by molar-refractivity contribution is 5.77. The Bertz CT molecular complexity index is 1640. The van der Waals surface area contributed by atoms with Gasteiger partial charge in [0.1, 0.15) is 17.2 Å². The van der Waals surface area contributed by atoms with Gasteiger partial charge in [0.15, 0.2) is 5.82 Å². The van der Waals surface area contributed by atoms with E-state index in [0.717, 1.165) is 88.7 Å². The summed E-state index contributed by atoms with van der Waals surface area (Å²) in [5.74, 6) is 2.74. The van der Waals surface area contributed by atoms with Crippen LogP contribution in [0.3, 0.4) is 0 Å². The van der Waals surface area contributed by atoms with Crippen LogP contribution < -0.4 is 20.0 Å². The molecule has 2 N–H and O–H groups in total. The Hall–Kier alpha value is -4.39. The molecule has 6 heterocycles. The molecule has 2 aromatic heterocycles. The molecule has 248 valence electrons. The first-order valence-corrected chi connectivity index (χ1v) is 16.8. The number of hydrogen-bond donors (Lipinski definition) is 2. The molecule has 0 bridgehead atoms. The molecular weight excluding hydrogens is 596 g/mol. The van der Waals surface area contributed by atoms with Crippen LogP contribution >= 0.6 is 0 Å². The van der Waals surface area contributed by atoms with Crippen LogP contribution in [0.15, 0.2) is 42.6 Å². The van der Waals surface area contributed by atoms with Gasteiger partial charge in [-0.1, -0.05) is 12.1 Å². The number of phenolic OH excluding ortho intramolecular Hbond substituents is 1. The average molecular weight is 641 g/mol. The lowest BCUT2D eigenvalue weighted by atomic mass is 9.60. The molecule has 3 saturated heterocycles. The van der Waals surface area contributed by atoms with Crippen molar-refractivity contribution in [3.05, 3.63) is 42.6 Å². The lowest BCUT2D eigenvalue weighted by Crippen LogP contribution is -2.69. The molecule has 13 heteroatoms. The Morgan fingerprint density at radius 2 is 1.74 bits per heavy atom. The Labute approximate surface area is 275 Å². The number of nitrogens with zero attached hydrogens (tertiary/aromatic N) is 9. The average Bonchev–Trinajstić information content (AvgIpc) is 3.02. The zero-order chi connectivity index (χ0) is 32.3. The van der Waals surface area contributed by atoms with Crippen LogP contribution in [0, 0.1) is 5.41 Å². The number of anilines is 4. The number of aromatic hydroxyl groups is 1. The van der Waals surface area contributed by atoms with Crippen molar-refractivity contribution in [2.75, 3.05) is 85.5 Å². The van der Waals surface area contributed by atoms with E-state index < -0.39 is 5.60 Å². The fraction of sp³-hybridized carbons (Fsp3) is 0.559. The van der Waals surface area contributed by atoms with E-state index in [2.05, 4.69) is 35.1 Å². The van der Waals surface area contributed by atoms with Gasteiger partial charge < -0.3 is 34.8 Å². The molecule has 4 fully saturated rings.